The summed E-state index contributed by atoms with van der Waals surface area (Å²) in [5.41, 5.74) is 2.41. The summed E-state index contributed by atoms with van der Waals surface area (Å²) >= 11 is 0. The third-order valence-corrected chi connectivity index (χ3v) is 5.30. The first-order valence-electron chi connectivity index (χ1n) is 10.3. The highest BCUT2D eigenvalue weighted by Gasteiger charge is 2.37. The maximum Gasteiger partial charge on any atom is 0.322 e. The van der Waals surface area contributed by atoms with Gasteiger partial charge in [-0.15, -0.1) is 0 Å². The lowest BCUT2D eigenvalue weighted by Gasteiger charge is -2.32. The topological polar surface area (TPSA) is 64.7 Å². The monoisotopic (exact) mass is 430 g/mol. The van der Waals surface area contributed by atoms with E-state index in [0.29, 0.717) is 16.9 Å². The second kappa shape index (κ2) is 9.32. The molecule has 1 heterocycles. The van der Waals surface area contributed by atoms with E-state index in [0.717, 1.165) is 10.5 Å². The lowest BCUT2D eigenvalue weighted by molar-refractivity contribution is -0.0510. The van der Waals surface area contributed by atoms with E-state index in [4.69, 9.17) is 0 Å². The van der Waals surface area contributed by atoms with Gasteiger partial charge in [-0.2, -0.15) is 0 Å². The van der Waals surface area contributed by atoms with E-state index in [1.165, 1.54) is 0 Å². The number of piperidine rings is 1. The first-order valence-corrected chi connectivity index (χ1v) is 10.3. The van der Waals surface area contributed by atoms with E-state index in [9.17, 15) is 18.4 Å². The highest BCUT2D eigenvalue weighted by molar-refractivity contribution is 6.02. The zero-order chi connectivity index (χ0) is 22.6. The molecular formula is C23H28F2N4O2. The van der Waals surface area contributed by atoms with E-state index in [1.54, 1.807) is 23.1 Å². The van der Waals surface area contributed by atoms with Gasteiger partial charge < -0.3 is 20.4 Å². The van der Waals surface area contributed by atoms with Gasteiger partial charge in [0.15, 0.2) is 0 Å². The second-order valence-electron chi connectivity index (χ2n) is 8.04. The number of alkyl halides is 2. The van der Waals surface area contributed by atoms with Gasteiger partial charge in [-0.25, -0.2) is 13.6 Å². The number of amides is 3. The molecule has 166 valence electrons. The molecule has 1 fully saturated rings. The van der Waals surface area contributed by atoms with Gasteiger partial charge in [-0.05, 0) is 37.1 Å². The molecule has 0 spiro atoms. The predicted molar refractivity (Wildman–Crippen MR) is 118 cm³/mol. The van der Waals surface area contributed by atoms with E-state index >= 15 is 0 Å². The van der Waals surface area contributed by atoms with Gasteiger partial charge >= 0.3 is 6.03 Å². The zero-order valence-electron chi connectivity index (χ0n) is 18.0. The molecule has 6 nitrogen and oxygen atoms in total. The Hall–Kier alpha value is -3.16. The average Bonchev–Trinajstić information content (AvgIpc) is 2.73. The number of hydrogen-bond donors (Lipinski definition) is 2. The highest BCUT2D eigenvalue weighted by Crippen LogP contribution is 2.28. The summed E-state index contributed by atoms with van der Waals surface area (Å²) < 4.78 is 27.3. The number of anilines is 2. The van der Waals surface area contributed by atoms with Crippen molar-refractivity contribution in [1.82, 2.24) is 10.2 Å². The molecule has 1 unspecified atom stereocenters. The summed E-state index contributed by atoms with van der Waals surface area (Å²) in [7, 11) is 3.64. The number of halogens is 2. The summed E-state index contributed by atoms with van der Waals surface area (Å²) in [5.74, 6) is -3.16. The summed E-state index contributed by atoms with van der Waals surface area (Å²) in [6.07, 6.45) is 0.0449. The first kappa shape index (κ1) is 22.5. The fourth-order valence-corrected chi connectivity index (χ4v) is 3.63. The van der Waals surface area contributed by atoms with Gasteiger partial charge in [0.05, 0.1) is 18.2 Å². The Labute approximate surface area is 181 Å². The molecule has 1 aliphatic rings. The Kier molecular flexibility index (Phi) is 6.77. The molecule has 0 radical (unpaired) electrons. The van der Waals surface area contributed by atoms with Crippen LogP contribution in [0.3, 0.4) is 0 Å². The summed E-state index contributed by atoms with van der Waals surface area (Å²) in [6.45, 7) is 1.57. The van der Waals surface area contributed by atoms with Crippen molar-refractivity contribution in [1.29, 1.82) is 0 Å². The second-order valence-corrected chi connectivity index (χ2v) is 8.04. The molecule has 3 rings (SSSR count). The fourth-order valence-electron chi connectivity index (χ4n) is 3.63. The number of likely N-dealkylation sites (tertiary alicyclic amines) is 1. The van der Waals surface area contributed by atoms with Crippen LogP contribution in [0.1, 0.15) is 41.7 Å². The Morgan fingerprint density at radius 2 is 1.84 bits per heavy atom. The summed E-state index contributed by atoms with van der Waals surface area (Å²) in [4.78, 5) is 28.4. The quantitative estimate of drug-likeness (QED) is 0.734. The molecule has 0 saturated carbocycles. The largest absolute Gasteiger partial charge is 0.377 e. The molecular weight excluding hydrogens is 402 g/mol. The minimum Gasteiger partial charge on any atom is -0.377 e. The predicted octanol–water partition coefficient (Wildman–Crippen LogP) is 4.51. The molecule has 1 atom stereocenters. The van der Waals surface area contributed by atoms with Crippen LogP contribution in [0.25, 0.3) is 0 Å². The third-order valence-electron chi connectivity index (χ3n) is 5.30. The van der Waals surface area contributed by atoms with Crippen molar-refractivity contribution in [2.45, 2.75) is 31.7 Å². The molecule has 0 aliphatic carbocycles. The molecule has 0 bridgehead atoms. The van der Waals surface area contributed by atoms with Crippen molar-refractivity contribution in [2.75, 3.05) is 37.4 Å². The Morgan fingerprint density at radius 1 is 1.13 bits per heavy atom. The van der Waals surface area contributed by atoms with Gasteiger partial charge in [0, 0.05) is 38.4 Å². The average molecular weight is 430 g/mol. The van der Waals surface area contributed by atoms with Crippen molar-refractivity contribution in [3.05, 3.63) is 59.7 Å². The summed E-state index contributed by atoms with van der Waals surface area (Å²) in [5, 5.41) is 5.63. The molecule has 1 aliphatic heterocycles. The van der Waals surface area contributed by atoms with Crippen molar-refractivity contribution < 1.29 is 18.4 Å². The Bertz CT molecular complexity index is 934. The van der Waals surface area contributed by atoms with Crippen LogP contribution in [0.2, 0.25) is 0 Å². The number of carbonyl (C=O) groups excluding carboxylic acids is 2. The maximum atomic E-state index is 13.6. The van der Waals surface area contributed by atoms with Crippen molar-refractivity contribution in [2.24, 2.45) is 0 Å². The normalized spacial score (nSPS) is 16.4. The van der Waals surface area contributed by atoms with Crippen LogP contribution in [0.15, 0.2) is 48.5 Å². The lowest BCUT2D eigenvalue weighted by Crippen LogP contribution is -2.47. The van der Waals surface area contributed by atoms with Crippen molar-refractivity contribution in [3.63, 3.8) is 0 Å². The Balaban J connectivity index is 1.77. The standard InChI is InChI=1S/C23H28F2N4O2/c1-16(17-8-5-4-6-9-17)26-21(30)19-14-18(10-11-20(19)28(2)3)27-22(31)29-13-7-12-23(24,25)15-29/h4-6,8-11,14,16H,7,12-13,15H2,1-3H3,(H,26,30)(H,27,31). The number of urea groups is 1. The SMILES string of the molecule is CC(NC(=O)c1cc(NC(=O)N2CCCC(F)(F)C2)ccc1N(C)C)c1ccccc1. The third kappa shape index (κ3) is 5.71. The van der Waals surface area contributed by atoms with Crippen LogP contribution in [0, 0.1) is 0 Å². The van der Waals surface area contributed by atoms with E-state index in [1.807, 2.05) is 51.4 Å². The molecule has 1 saturated heterocycles. The van der Waals surface area contributed by atoms with Crippen molar-refractivity contribution >= 4 is 23.3 Å². The molecule has 2 aromatic carbocycles. The molecule has 2 N–H and O–H groups in total. The highest BCUT2D eigenvalue weighted by atomic mass is 19.3. The minimum absolute atomic E-state index is 0.210. The Morgan fingerprint density at radius 3 is 2.48 bits per heavy atom. The van der Waals surface area contributed by atoms with Gasteiger partial charge in [0.25, 0.3) is 11.8 Å². The molecule has 8 heteroatoms. The molecule has 0 aromatic heterocycles. The summed E-state index contributed by atoms with van der Waals surface area (Å²) in [6, 6.07) is 13.7. The lowest BCUT2D eigenvalue weighted by atomic mass is 10.1. The van der Waals surface area contributed by atoms with Gasteiger partial charge in [-0.3, -0.25) is 4.79 Å². The van der Waals surface area contributed by atoms with Gasteiger partial charge in [0.2, 0.25) is 0 Å². The van der Waals surface area contributed by atoms with Crippen LogP contribution in [-0.2, 0) is 0 Å². The fraction of sp³-hybridized carbons (Fsp3) is 0.391. The van der Waals surface area contributed by atoms with E-state index in [-0.39, 0.29) is 31.3 Å². The number of nitrogens with zero attached hydrogens (tertiary/aromatic N) is 2. The number of hydrogen-bond acceptors (Lipinski definition) is 3. The maximum absolute atomic E-state index is 13.6. The number of nitrogens with one attached hydrogen (secondary N) is 2. The molecule has 31 heavy (non-hydrogen) atoms. The van der Waals surface area contributed by atoms with Crippen LogP contribution >= 0.6 is 0 Å². The van der Waals surface area contributed by atoms with Gasteiger partial charge in [-0.1, -0.05) is 30.3 Å². The molecule has 2 aromatic rings. The smallest absolute Gasteiger partial charge is 0.322 e. The molecule has 3 amide bonds. The van der Waals surface area contributed by atoms with Gasteiger partial charge in [0.1, 0.15) is 0 Å². The van der Waals surface area contributed by atoms with Crippen molar-refractivity contribution in [3.8, 4) is 0 Å². The number of benzene rings is 2. The minimum atomic E-state index is -2.87. The number of rotatable bonds is 5. The van der Waals surface area contributed by atoms with E-state index < -0.39 is 18.5 Å². The van der Waals surface area contributed by atoms with Crippen LogP contribution in [-0.4, -0.2) is 49.9 Å². The van der Waals surface area contributed by atoms with E-state index in [2.05, 4.69) is 10.6 Å². The zero-order valence-corrected chi connectivity index (χ0v) is 18.0. The van der Waals surface area contributed by atoms with Crippen LogP contribution in [0.5, 0.6) is 0 Å². The number of carbonyl (C=O) groups is 2. The first-order chi connectivity index (χ1) is 14.7. The van der Waals surface area contributed by atoms with Crippen LogP contribution < -0.4 is 15.5 Å². The van der Waals surface area contributed by atoms with Crippen LogP contribution in [0.4, 0.5) is 25.0 Å².